The van der Waals surface area contributed by atoms with Gasteiger partial charge in [-0.2, -0.15) is 17.9 Å². The van der Waals surface area contributed by atoms with E-state index in [1.807, 2.05) is 30.3 Å². The fourth-order valence-corrected chi connectivity index (χ4v) is 3.74. The van der Waals surface area contributed by atoms with Crippen molar-refractivity contribution in [1.29, 1.82) is 0 Å². The van der Waals surface area contributed by atoms with Gasteiger partial charge in [0.25, 0.3) is 0 Å². The van der Waals surface area contributed by atoms with Gasteiger partial charge in [-0.05, 0) is 47.5 Å². The number of aromatic nitrogens is 6. The summed E-state index contributed by atoms with van der Waals surface area (Å²) >= 11 is 0. The summed E-state index contributed by atoms with van der Waals surface area (Å²) in [7, 11) is 0. The van der Waals surface area contributed by atoms with Crippen LogP contribution in [0.2, 0.25) is 0 Å². The van der Waals surface area contributed by atoms with Crippen molar-refractivity contribution in [2.75, 3.05) is 18.0 Å². The smallest absolute Gasteiger partial charge is 0.341 e. The van der Waals surface area contributed by atoms with E-state index in [9.17, 15) is 13.2 Å². The van der Waals surface area contributed by atoms with E-state index in [-0.39, 0.29) is 0 Å². The minimum atomic E-state index is -4.41. The van der Waals surface area contributed by atoms with E-state index >= 15 is 0 Å². The van der Waals surface area contributed by atoms with Crippen LogP contribution in [0.3, 0.4) is 0 Å². The zero-order chi connectivity index (χ0) is 22.1. The van der Waals surface area contributed by atoms with Gasteiger partial charge >= 0.3 is 6.18 Å². The first kappa shape index (κ1) is 20.1. The number of tetrazole rings is 1. The summed E-state index contributed by atoms with van der Waals surface area (Å²) in [6.45, 7) is 1.68. The minimum absolute atomic E-state index is 0.402. The van der Waals surface area contributed by atoms with E-state index in [0.717, 1.165) is 43.8 Å². The third-order valence-electron chi connectivity index (χ3n) is 5.36. The Hall–Kier alpha value is -3.82. The standard InChI is InChI=1S/C22H18F3N7/c23-22(24,25)16-10-8-15(9-11-16)19-18(14-26-21(27-19)31-12-4-5-13-31)20-28-29-30-32(20)17-6-2-1-3-7-17/h1-3,6-11,14H,4-5,12-13H2. The Morgan fingerprint density at radius 2 is 1.59 bits per heavy atom. The number of para-hydroxylation sites is 1. The van der Waals surface area contributed by atoms with Crippen LogP contribution in [0, 0.1) is 0 Å². The van der Waals surface area contributed by atoms with Crippen molar-refractivity contribution in [3.63, 3.8) is 0 Å². The van der Waals surface area contributed by atoms with Crippen molar-refractivity contribution < 1.29 is 13.2 Å². The molecule has 1 aliphatic rings. The number of hydrogen-bond donors (Lipinski definition) is 0. The maximum absolute atomic E-state index is 13.1. The summed E-state index contributed by atoms with van der Waals surface area (Å²) in [5.74, 6) is 0.943. The molecule has 0 aliphatic carbocycles. The monoisotopic (exact) mass is 437 g/mol. The zero-order valence-corrected chi connectivity index (χ0v) is 16.9. The summed E-state index contributed by atoms with van der Waals surface area (Å²) in [6.07, 6.45) is -0.677. The van der Waals surface area contributed by atoms with Crippen LogP contribution < -0.4 is 4.90 Å². The second-order valence-corrected chi connectivity index (χ2v) is 7.45. The largest absolute Gasteiger partial charge is 0.416 e. The molecule has 32 heavy (non-hydrogen) atoms. The molecule has 0 N–H and O–H groups in total. The van der Waals surface area contributed by atoms with Crippen molar-refractivity contribution in [1.82, 2.24) is 30.2 Å². The Balaban J connectivity index is 1.65. The van der Waals surface area contributed by atoms with E-state index in [0.29, 0.717) is 28.6 Å². The summed E-state index contributed by atoms with van der Waals surface area (Å²) in [5, 5.41) is 12.1. The van der Waals surface area contributed by atoms with Gasteiger partial charge in [0.15, 0.2) is 5.82 Å². The first-order valence-electron chi connectivity index (χ1n) is 10.1. The molecule has 2 aromatic carbocycles. The predicted molar refractivity (Wildman–Crippen MR) is 112 cm³/mol. The average Bonchev–Trinajstić information content (AvgIpc) is 3.51. The molecule has 7 nitrogen and oxygen atoms in total. The third-order valence-corrected chi connectivity index (χ3v) is 5.36. The van der Waals surface area contributed by atoms with E-state index in [1.54, 1.807) is 10.9 Å². The molecule has 10 heteroatoms. The van der Waals surface area contributed by atoms with Crippen LogP contribution in [0.25, 0.3) is 28.3 Å². The lowest BCUT2D eigenvalue weighted by molar-refractivity contribution is -0.137. The number of anilines is 1. The van der Waals surface area contributed by atoms with Crippen LogP contribution in [0.4, 0.5) is 19.1 Å². The summed E-state index contributed by atoms with van der Waals surface area (Å²) in [6, 6.07) is 14.3. The number of rotatable bonds is 4. The van der Waals surface area contributed by atoms with Gasteiger partial charge in [0, 0.05) is 24.8 Å². The Labute approximate surface area is 181 Å². The quantitative estimate of drug-likeness (QED) is 0.471. The highest BCUT2D eigenvalue weighted by Crippen LogP contribution is 2.34. The first-order valence-corrected chi connectivity index (χ1v) is 10.1. The molecule has 162 valence electrons. The molecule has 3 heterocycles. The molecule has 0 amide bonds. The van der Waals surface area contributed by atoms with Gasteiger partial charge in [-0.15, -0.1) is 5.10 Å². The van der Waals surface area contributed by atoms with Crippen molar-refractivity contribution in [3.8, 4) is 28.3 Å². The van der Waals surface area contributed by atoms with Crippen molar-refractivity contribution in [3.05, 3.63) is 66.4 Å². The van der Waals surface area contributed by atoms with Crippen LogP contribution in [-0.4, -0.2) is 43.3 Å². The molecule has 0 saturated carbocycles. The maximum atomic E-state index is 13.1. The van der Waals surface area contributed by atoms with Gasteiger partial charge in [-0.25, -0.2) is 9.97 Å². The van der Waals surface area contributed by atoms with Gasteiger partial charge < -0.3 is 4.90 Å². The molecule has 1 aliphatic heterocycles. The van der Waals surface area contributed by atoms with Gasteiger partial charge in [0.2, 0.25) is 5.95 Å². The fourth-order valence-electron chi connectivity index (χ4n) is 3.74. The maximum Gasteiger partial charge on any atom is 0.416 e. The molecule has 0 spiro atoms. The topological polar surface area (TPSA) is 72.6 Å². The Morgan fingerprint density at radius 1 is 0.875 bits per heavy atom. The normalized spacial score (nSPS) is 14.2. The highest BCUT2D eigenvalue weighted by Gasteiger charge is 2.30. The molecule has 0 unspecified atom stereocenters. The third kappa shape index (κ3) is 3.79. The van der Waals surface area contributed by atoms with Crippen LogP contribution in [-0.2, 0) is 6.18 Å². The van der Waals surface area contributed by atoms with Crippen LogP contribution in [0.15, 0.2) is 60.8 Å². The van der Waals surface area contributed by atoms with Crippen molar-refractivity contribution in [2.24, 2.45) is 0 Å². The molecule has 0 atom stereocenters. The molecular weight excluding hydrogens is 419 g/mol. The second-order valence-electron chi connectivity index (χ2n) is 7.45. The molecule has 5 rings (SSSR count). The molecule has 0 bridgehead atoms. The van der Waals surface area contributed by atoms with Crippen LogP contribution in [0.1, 0.15) is 18.4 Å². The number of halogens is 3. The van der Waals surface area contributed by atoms with Gasteiger partial charge in [0.05, 0.1) is 22.5 Å². The number of hydrogen-bond acceptors (Lipinski definition) is 6. The Kier molecular flexibility index (Phi) is 5.04. The van der Waals surface area contributed by atoms with Crippen LogP contribution >= 0.6 is 0 Å². The highest BCUT2D eigenvalue weighted by atomic mass is 19.4. The summed E-state index contributed by atoms with van der Waals surface area (Å²) < 4.78 is 40.8. The SMILES string of the molecule is FC(F)(F)c1ccc(-c2nc(N3CCCC3)ncc2-c2nnnn2-c2ccccc2)cc1. The highest BCUT2D eigenvalue weighted by molar-refractivity contribution is 5.78. The Bertz CT molecular complexity index is 1210. The van der Waals surface area contributed by atoms with Gasteiger partial charge in [-0.3, -0.25) is 0 Å². The minimum Gasteiger partial charge on any atom is -0.341 e. The molecule has 4 aromatic rings. The van der Waals surface area contributed by atoms with E-state index < -0.39 is 11.7 Å². The number of alkyl halides is 3. The van der Waals surface area contributed by atoms with Crippen LogP contribution in [0.5, 0.6) is 0 Å². The van der Waals surface area contributed by atoms with E-state index in [4.69, 9.17) is 4.98 Å². The Morgan fingerprint density at radius 3 is 2.28 bits per heavy atom. The van der Waals surface area contributed by atoms with E-state index in [1.165, 1.54) is 12.1 Å². The second kappa shape index (κ2) is 8.03. The van der Waals surface area contributed by atoms with Gasteiger partial charge in [-0.1, -0.05) is 30.3 Å². The molecule has 0 radical (unpaired) electrons. The summed E-state index contributed by atoms with van der Waals surface area (Å²) in [4.78, 5) is 11.3. The van der Waals surface area contributed by atoms with Crippen molar-refractivity contribution in [2.45, 2.75) is 19.0 Å². The molecule has 1 saturated heterocycles. The molecule has 1 fully saturated rings. The predicted octanol–water partition coefficient (Wildman–Crippen LogP) is 4.41. The lowest BCUT2D eigenvalue weighted by Gasteiger charge is -2.17. The first-order chi connectivity index (χ1) is 15.5. The number of benzene rings is 2. The van der Waals surface area contributed by atoms with Gasteiger partial charge in [0.1, 0.15) is 0 Å². The number of nitrogens with zero attached hydrogens (tertiary/aromatic N) is 7. The zero-order valence-electron chi connectivity index (χ0n) is 16.9. The van der Waals surface area contributed by atoms with Crippen molar-refractivity contribution >= 4 is 5.95 Å². The summed E-state index contributed by atoms with van der Waals surface area (Å²) in [5.41, 5.74) is 1.56. The lowest BCUT2D eigenvalue weighted by atomic mass is 10.0. The fraction of sp³-hybridized carbons (Fsp3) is 0.227. The average molecular weight is 437 g/mol. The molecule has 2 aromatic heterocycles. The molecular formula is C22H18F3N7. The lowest BCUT2D eigenvalue weighted by Crippen LogP contribution is -2.20. The van der Waals surface area contributed by atoms with E-state index in [2.05, 4.69) is 25.4 Å².